The topological polar surface area (TPSA) is 146 Å². The maximum Gasteiger partial charge on any atom is 0.338 e. The highest BCUT2D eigenvalue weighted by Gasteiger charge is 2.32. The minimum absolute atomic E-state index is 0.172. The van der Waals surface area contributed by atoms with E-state index in [0.29, 0.717) is 32.8 Å². The first-order valence-electron chi connectivity index (χ1n) is 14.0. The maximum absolute atomic E-state index is 13.2. The van der Waals surface area contributed by atoms with Gasteiger partial charge in [-0.2, -0.15) is 5.10 Å². The second kappa shape index (κ2) is 15.8. The van der Waals surface area contributed by atoms with Crippen molar-refractivity contribution in [3.63, 3.8) is 0 Å². The van der Waals surface area contributed by atoms with Crippen LogP contribution in [0.3, 0.4) is 0 Å². The summed E-state index contributed by atoms with van der Waals surface area (Å²) >= 11 is 3.47. The molecule has 1 atom stereocenters. The molecule has 0 saturated carbocycles. The molecule has 0 aromatic heterocycles. The standard InChI is InChI=1S/C32H32BrFN4O8/c1-5-44-31(40)28-18(2)36-32(41)37-29(28)21-8-11-24(25(14-21)42-3)45-17-27(39)38-35-15-20-12-23(33)30(26(13-20)43-4)46-16-19-6-9-22(34)10-7-19/h6-15,29H,5,16-17H2,1-4H3,(H,38,39)(H2,36,37,41)/b35-15-/t29-/m0/s1. The molecule has 1 heterocycles. The van der Waals surface area contributed by atoms with Crippen LogP contribution in [0.1, 0.15) is 36.6 Å². The Hall–Kier alpha value is -5.11. The van der Waals surface area contributed by atoms with Crippen LogP contribution >= 0.6 is 15.9 Å². The van der Waals surface area contributed by atoms with Crippen molar-refractivity contribution in [3.8, 4) is 23.0 Å². The highest BCUT2D eigenvalue weighted by molar-refractivity contribution is 9.10. The van der Waals surface area contributed by atoms with Gasteiger partial charge in [0.2, 0.25) is 0 Å². The number of nitrogens with zero attached hydrogens (tertiary/aromatic N) is 1. The van der Waals surface area contributed by atoms with E-state index in [1.165, 1.54) is 32.6 Å². The number of esters is 1. The van der Waals surface area contributed by atoms with Gasteiger partial charge in [-0.05, 0) is 82.9 Å². The molecular formula is C32H32BrFN4O8. The molecule has 0 aliphatic carbocycles. The van der Waals surface area contributed by atoms with Gasteiger partial charge in [-0.15, -0.1) is 0 Å². The van der Waals surface area contributed by atoms with Gasteiger partial charge in [0.05, 0.1) is 43.1 Å². The summed E-state index contributed by atoms with van der Waals surface area (Å²) in [6.07, 6.45) is 1.42. The van der Waals surface area contributed by atoms with E-state index in [4.69, 9.17) is 23.7 Å². The number of allylic oxidation sites excluding steroid dienone is 1. The predicted molar refractivity (Wildman–Crippen MR) is 169 cm³/mol. The quantitative estimate of drug-likeness (QED) is 0.130. The highest BCUT2D eigenvalue weighted by atomic mass is 79.9. The number of carbonyl (C=O) groups excluding carboxylic acids is 3. The molecule has 0 fully saturated rings. The molecule has 242 valence electrons. The van der Waals surface area contributed by atoms with E-state index in [-0.39, 0.29) is 42.7 Å². The normalized spacial score (nSPS) is 14.3. The molecule has 3 aromatic rings. The van der Waals surface area contributed by atoms with Crippen LogP contribution in [0, 0.1) is 5.82 Å². The van der Waals surface area contributed by atoms with E-state index in [1.807, 2.05) is 0 Å². The van der Waals surface area contributed by atoms with Crippen molar-refractivity contribution in [2.24, 2.45) is 5.10 Å². The van der Waals surface area contributed by atoms with Crippen molar-refractivity contribution < 1.29 is 42.5 Å². The Labute approximate surface area is 273 Å². The zero-order valence-corrected chi connectivity index (χ0v) is 27.0. The van der Waals surface area contributed by atoms with E-state index in [9.17, 15) is 18.8 Å². The van der Waals surface area contributed by atoms with Crippen molar-refractivity contribution in [1.29, 1.82) is 0 Å². The Morgan fingerprint density at radius 1 is 1.02 bits per heavy atom. The predicted octanol–water partition coefficient (Wildman–Crippen LogP) is 4.90. The average molecular weight is 700 g/mol. The zero-order chi connectivity index (χ0) is 33.2. The number of rotatable bonds is 13. The van der Waals surface area contributed by atoms with Gasteiger partial charge < -0.3 is 34.3 Å². The molecule has 1 aliphatic heterocycles. The number of amides is 3. The van der Waals surface area contributed by atoms with Crippen molar-refractivity contribution in [2.45, 2.75) is 26.5 Å². The summed E-state index contributed by atoms with van der Waals surface area (Å²) in [5.41, 5.74) is 4.96. The van der Waals surface area contributed by atoms with Gasteiger partial charge in [-0.25, -0.2) is 19.4 Å². The van der Waals surface area contributed by atoms with Crippen molar-refractivity contribution in [3.05, 3.63) is 92.8 Å². The van der Waals surface area contributed by atoms with Gasteiger partial charge in [-0.1, -0.05) is 18.2 Å². The minimum atomic E-state index is -0.789. The number of ether oxygens (including phenoxy) is 5. The maximum atomic E-state index is 13.2. The third kappa shape index (κ3) is 8.53. The molecule has 12 nitrogen and oxygen atoms in total. The van der Waals surface area contributed by atoms with E-state index in [1.54, 1.807) is 56.3 Å². The first kappa shape index (κ1) is 33.8. The van der Waals surface area contributed by atoms with Crippen LogP contribution in [0.15, 0.2) is 75.4 Å². The Kier molecular flexibility index (Phi) is 11.6. The van der Waals surface area contributed by atoms with Crippen LogP contribution < -0.4 is 35.0 Å². The van der Waals surface area contributed by atoms with Gasteiger partial charge in [0.15, 0.2) is 29.6 Å². The summed E-state index contributed by atoms with van der Waals surface area (Å²) in [5, 5.41) is 9.30. The number of nitrogens with one attached hydrogen (secondary N) is 3. The summed E-state index contributed by atoms with van der Waals surface area (Å²) in [5.74, 6) is -0.0227. The lowest BCUT2D eigenvalue weighted by atomic mass is 9.95. The second-order valence-electron chi connectivity index (χ2n) is 9.73. The molecule has 3 amide bonds. The van der Waals surface area contributed by atoms with Crippen molar-refractivity contribution in [2.75, 3.05) is 27.4 Å². The fourth-order valence-corrected chi connectivity index (χ4v) is 5.03. The van der Waals surface area contributed by atoms with Crippen LogP contribution in [-0.2, 0) is 20.9 Å². The summed E-state index contributed by atoms with van der Waals surface area (Å²) < 4.78 is 41.4. The lowest BCUT2D eigenvalue weighted by Gasteiger charge is -2.28. The van der Waals surface area contributed by atoms with Crippen molar-refractivity contribution >= 4 is 40.1 Å². The fourth-order valence-electron chi connectivity index (χ4n) is 4.45. The Balaban J connectivity index is 1.37. The molecule has 0 radical (unpaired) electrons. The van der Waals surface area contributed by atoms with Gasteiger partial charge in [-0.3, -0.25) is 4.79 Å². The smallest absolute Gasteiger partial charge is 0.338 e. The first-order valence-corrected chi connectivity index (χ1v) is 14.8. The van der Waals surface area contributed by atoms with Crippen LogP contribution in [0.4, 0.5) is 9.18 Å². The average Bonchev–Trinajstić information content (AvgIpc) is 3.03. The van der Waals surface area contributed by atoms with Gasteiger partial charge >= 0.3 is 12.0 Å². The van der Waals surface area contributed by atoms with E-state index >= 15 is 0 Å². The van der Waals surface area contributed by atoms with Crippen LogP contribution in [0.25, 0.3) is 0 Å². The summed E-state index contributed by atoms with van der Waals surface area (Å²) in [4.78, 5) is 37.3. The molecule has 0 unspecified atom stereocenters. The lowest BCUT2D eigenvalue weighted by Crippen LogP contribution is -2.45. The largest absolute Gasteiger partial charge is 0.493 e. The number of methoxy groups -OCH3 is 2. The molecule has 4 rings (SSSR count). The van der Waals surface area contributed by atoms with Crippen LogP contribution in [0.2, 0.25) is 0 Å². The number of hydrogen-bond acceptors (Lipinski definition) is 9. The summed E-state index contributed by atoms with van der Waals surface area (Å²) in [6.45, 7) is 3.30. The van der Waals surface area contributed by atoms with Crippen LogP contribution in [0.5, 0.6) is 23.0 Å². The van der Waals surface area contributed by atoms with Gasteiger partial charge in [0, 0.05) is 5.70 Å². The molecule has 3 aromatic carbocycles. The molecule has 0 bridgehead atoms. The fraction of sp³-hybridized carbons (Fsp3) is 0.250. The van der Waals surface area contributed by atoms with E-state index < -0.39 is 23.9 Å². The highest BCUT2D eigenvalue weighted by Crippen LogP contribution is 2.37. The molecule has 3 N–H and O–H groups in total. The number of carbonyl (C=O) groups is 3. The molecule has 0 spiro atoms. The van der Waals surface area contributed by atoms with E-state index in [0.717, 1.165) is 5.56 Å². The Bertz CT molecular complexity index is 1660. The monoisotopic (exact) mass is 698 g/mol. The van der Waals surface area contributed by atoms with Gasteiger partial charge in [0.1, 0.15) is 12.4 Å². The first-order chi connectivity index (χ1) is 22.1. The number of urea groups is 1. The van der Waals surface area contributed by atoms with E-state index in [2.05, 4.69) is 37.1 Å². The van der Waals surface area contributed by atoms with Crippen LogP contribution in [-0.4, -0.2) is 51.6 Å². The summed E-state index contributed by atoms with van der Waals surface area (Å²) in [6, 6.07) is 13.0. The number of hydrazone groups is 1. The molecule has 1 aliphatic rings. The lowest BCUT2D eigenvalue weighted by molar-refractivity contribution is -0.139. The Morgan fingerprint density at radius 2 is 1.76 bits per heavy atom. The SMILES string of the molecule is CCOC(=O)C1=C(C)NC(=O)N[C@H]1c1ccc(OCC(=O)N/N=C\c2cc(Br)c(OCc3ccc(F)cc3)c(OC)c2)c(OC)c1. The number of benzene rings is 3. The molecule has 14 heteroatoms. The third-order valence-corrected chi connectivity index (χ3v) is 7.18. The summed E-state index contributed by atoms with van der Waals surface area (Å²) in [7, 11) is 2.92. The molecule has 0 saturated heterocycles. The molecule has 46 heavy (non-hydrogen) atoms. The zero-order valence-electron chi connectivity index (χ0n) is 25.4. The van der Waals surface area contributed by atoms with Gasteiger partial charge in [0.25, 0.3) is 5.91 Å². The minimum Gasteiger partial charge on any atom is -0.493 e. The Morgan fingerprint density at radius 3 is 2.46 bits per heavy atom. The number of halogens is 2. The number of hydrogen-bond donors (Lipinski definition) is 3. The molecular weight excluding hydrogens is 667 g/mol. The van der Waals surface area contributed by atoms with Crippen molar-refractivity contribution in [1.82, 2.24) is 16.1 Å². The third-order valence-electron chi connectivity index (χ3n) is 6.60. The second-order valence-corrected chi connectivity index (χ2v) is 10.6.